The maximum absolute atomic E-state index is 14.7. The molecule has 0 saturated heterocycles. The van der Waals surface area contributed by atoms with Crippen molar-refractivity contribution in [2.24, 2.45) is 11.7 Å². The van der Waals surface area contributed by atoms with Crippen molar-refractivity contribution in [3.8, 4) is 5.75 Å². The summed E-state index contributed by atoms with van der Waals surface area (Å²) in [5, 5.41) is 0. The van der Waals surface area contributed by atoms with Gasteiger partial charge in [0.2, 0.25) is 0 Å². The van der Waals surface area contributed by atoms with Crippen LogP contribution in [0.2, 0.25) is 0 Å². The number of alkyl halides is 1. The molecule has 1 aromatic rings. The summed E-state index contributed by atoms with van der Waals surface area (Å²) in [5.41, 5.74) is 4.68. The van der Waals surface area contributed by atoms with E-state index >= 15 is 0 Å². The normalized spacial score (nSPS) is 15.1. The van der Waals surface area contributed by atoms with Gasteiger partial charge in [-0.05, 0) is 37.5 Å². The van der Waals surface area contributed by atoms with Gasteiger partial charge in [-0.3, -0.25) is 0 Å². The second kappa shape index (κ2) is 5.50. The summed E-state index contributed by atoms with van der Waals surface area (Å²) in [6.07, 6.45) is 0.0798. The molecule has 0 spiro atoms. The molecule has 1 rings (SSSR count). The molecule has 0 aliphatic carbocycles. The topological polar surface area (TPSA) is 35.2 Å². The second-order valence-electron chi connectivity index (χ2n) is 4.92. The number of ether oxygens (including phenoxy) is 1. The van der Waals surface area contributed by atoms with Crippen LogP contribution in [0.15, 0.2) is 24.3 Å². The van der Waals surface area contributed by atoms with Crippen molar-refractivity contribution in [2.45, 2.75) is 39.5 Å². The SMILES string of the molecule is CC(C)Oc1cccc(C(F)(CN)C(C)C)c1. The number of nitrogens with two attached hydrogens (primary N) is 1. The summed E-state index contributed by atoms with van der Waals surface area (Å²) in [7, 11) is 0. The highest BCUT2D eigenvalue weighted by Gasteiger charge is 2.34. The average molecular weight is 239 g/mol. The van der Waals surface area contributed by atoms with Crippen molar-refractivity contribution >= 4 is 0 Å². The first kappa shape index (κ1) is 14.0. The highest BCUT2D eigenvalue weighted by molar-refractivity contribution is 5.33. The quantitative estimate of drug-likeness (QED) is 0.856. The third-order valence-electron chi connectivity index (χ3n) is 2.90. The summed E-state index contributed by atoms with van der Waals surface area (Å²) in [6.45, 7) is 7.54. The zero-order chi connectivity index (χ0) is 13.1. The highest BCUT2D eigenvalue weighted by atomic mass is 19.1. The lowest BCUT2D eigenvalue weighted by Crippen LogP contribution is -2.35. The molecule has 0 fully saturated rings. The molecule has 1 atom stereocenters. The first-order valence-electron chi connectivity index (χ1n) is 6.06. The first-order valence-corrected chi connectivity index (χ1v) is 6.06. The molecule has 2 nitrogen and oxygen atoms in total. The molecule has 1 unspecified atom stereocenters. The van der Waals surface area contributed by atoms with Gasteiger partial charge in [0.05, 0.1) is 6.10 Å². The van der Waals surface area contributed by atoms with Crippen LogP contribution in [0.25, 0.3) is 0 Å². The van der Waals surface area contributed by atoms with E-state index in [0.717, 1.165) is 0 Å². The molecule has 17 heavy (non-hydrogen) atoms. The van der Waals surface area contributed by atoms with E-state index in [-0.39, 0.29) is 18.6 Å². The Hall–Kier alpha value is -1.09. The number of halogens is 1. The van der Waals surface area contributed by atoms with Crippen LogP contribution in [0.1, 0.15) is 33.3 Å². The van der Waals surface area contributed by atoms with Gasteiger partial charge in [-0.25, -0.2) is 4.39 Å². The van der Waals surface area contributed by atoms with Gasteiger partial charge in [0, 0.05) is 6.54 Å². The van der Waals surface area contributed by atoms with Gasteiger partial charge in [-0.1, -0.05) is 26.0 Å². The molecule has 0 saturated carbocycles. The van der Waals surface area contributed by atoms with Crippen LogP contribution in [-0.4, -0.2) is 12.6 Å². The standard InChI is InChI=1S/C14H22FNO/c1-10(2)14(15,9-16)12-6-5-7-13(8-12)17-11(3)4/h5-8,10-11H,9,16H2,1-4H3. The average Bonchev–Trinajstić information content (AvgIpc) is 2.27. The van der Waals surface area contributed by atoms with Crippen LogP contribution in [-0.2, 0) is 5.67 Å². The van der Waals surface area contributed by atoms with Crippen LogP contribution < -0.4 is 10.5 Å². The van der Waals surface area contributed by atoms with E-state index in [2.05, 4.69) is 0 Å². The molecule has 0 bridgehead atoms. The molecule has 0 aliphatic heterocycles. The molecule has 0 aromatic heterocycles. The molecule has 2 N–H and O–H groups in total. The van der Waals surface area contributed by atoms with Crippen LogP contribution in [0.3, 0.4) is 0 Å². The van der Waals surface area contributed by atoms with E-state index in [4.69, 9.17) is 10.5 Å². The van der Waals surface area contributed by atoms with Gasteiger partial charge >= 0.3 is 0 Å². The lowest BCUT2D eigenvalue weighted by atomic mass is 9.85. The summed E-state index contributed by atoms with van der Waals surface area (Å²) in [4.78, 5) is 0. The lowest BCUT2D eigenvalue weighted by molar-refractivity contribution is 0.108. The smallest absolute Gasteiger partial charge is 0.150 e. The maximum Gasteiger partial charge on any atom is 0.150 e. The van der Waals surface area contributed by atoms with Crippen molar-refractivity contribution in [2.75, 3.05) is 6.54 Å². The Morgan fingerprint density at radius 2 is 1.94 bits per heavy atom. The Balaban J connectivity index is 3.05. The van der Waals surface area contributed by atoms with E-state index < -0.39 is 5.67 Å². The molecule has 1 aromatic carbocycles. The number of hydrogen-bond acceptors (Lipinski definition) is 2. The second-order valence-corrected chi connectivity index (χ2v) is 4.92. The minimum atomic E-state index is -1.49. The highest BCUT2D eigenvalue weighted by Crippen LogP contribution is 2.34. The van der Waals surface area contributed by atoms with Crippen LogP contribution in [0, 0.1) is 5.92 Å². The third kappa shape index (κ3) is 3.19. The fourth-order valence-corrected chi connectivity index (χ4v) is 1.79. The summed E-state index contributed by atoms with van der Waals surface area (Å²) < 4.78 is 20.3. The predicted octanol–water partition coefficient (Wildman–Crippen LogP) is 3.25. The number of benzene rings is 1. The van der Waals surface area contributed by atoms with Gasteiger partial charge in [0.15, 0.2) is 5.67 Å². The number of hydrogen-bond donors (Lipinski definition) is 1. The van der Waals surface area contributed by atoms with Crippen LogP contribution in [0.4, 0.5) is 4.39 Å². The Morgan fingerprint density at radius 1 is 1.29 bits per heavy atom. The Bertz CT molecular complexity index is 365. The van der Waals surface area contributed by atoms with Crippen LogP contribution in [0.5, 0.6) is 5.75 Å². The molecule has 96 valence electrons. The van der Waals surface area contributed by atoms with E-state index in [0.29, 0.717) is 11.3 Å². The van der Waals surface area contributed by atoms with E-state index in [1.807, 2.05) is 33.8 Å². The fourth-order valence-electron chi connectivity index (χ4n) is 1.79. The molecule has 3 heteroatoms. The van der Waals surface area contributed by atoms with Crippen molar-refractivity contribution in [1.29, 1.82) is 0 Å². The van der Waals surface area contributed by atoms with E-state index in [9.17, 15) is 4.39 Å². The Labute approximate surface area is 103 Å². The maximum atomic E-state index is 14.7. The Morgan fingerprint density at radius 3 is 2.41 bits per heavy atom. The number of rotatable bonds is 5. The molecule has 0 heterocycles. The van der Waals surface area contributed by atoms with Crippen molar-refractivity contribution in [3.05, 3.63) is 29.8 Å². The largest absolute Gasteiger partial charge is 0.491 e. The van der Waals surface area contributed by atoms with Crippen molar-refractivity contribution in [3.63, 3.8) is 0 Å². The van der Waals surface area contributed by atoms with Gasteiger partial charge in [0.25, 0.3) is 0 Å². The lowest BCUT2D eigenvalue weighted by Gasteiger charge is -2.28. The fraction of sp³-hybridized carbons (Fsp3) is 0.571. The summed E-state index contributed by atoms with van der Waals surface area (Å²) >= 11 is 0. The first-order chi connectivity index (χ1) is 7.90. The minimum Gasteiger partial charge on any atom is -0.491 e. The van der Waals surface area contributed by atoms with Crippen molar-refractivity contribution < 1.29 is 9.13 Å². The predicted molar refractivity (Wildman–Crippen MR) is 68.9 cm³/mol. The van der Waals surface area contributed by atoms with Crippen molar-refractivity contribution in [1.82, 2.24) is 0 Å². The van der Waals surface area contributed by atoms with Gasteiger partial charge in [-0.2, -0.15) is 0 Å². The third-order valence-corrected chi connectivity index (χ3v) is 2.90. The van der Waals surface area contributed by atoms with E-state index in [1.165, 1.54) is 0 Å². The van der Waals surface area contributed by atoms with E-state index in [1.54, 1.807) is 18.2 Å². The Kier molecular flexibility index (Phi) is 4.52. The molecular weight excluding hydrogens is 217 g/mol. The molecular formula is C14H22FNO. The minimum absolute atomic E-state index is 0.0181. The zero-order valence-corrected chi connectivity index (χ0v) is 11.0. The monoisotopic (exact) mass is 239 g/mol. The molecule has 0 radical (unpaired) electrons. The van der Waals surface area contributed by atoms with Gasteiger partial charge in [0.1, 0.15) is 5.75 Å². The molecule has 0 amide bonds. The summed E-state index contributed by atoms with van der Waals surface area (Å²) in [6, 6.07) is 7.15. The van der Waals surface area contributed by atoms with Gasteiger partial charge in [-0.15, -0.1) is 0 Å². The van der Waals surface area contributed by atoms with Gasteiger partial charge < -0.3 is 10.5 Å². The van der Waals surface area contributed by atoms with Crippen LogP contribution >= 0.6 is 0 Å². The molecule has 0 aliphatic rings. The summed E-state index contributed by atoms with van der Waals surface area (Å²) in [5.74, 6) is 0.524. The zero-order valence-electron chi connectivity index (χ0n) is 11.0.